The van der Waals surface area contributed by atoms with Crippen molar-refractivity contribution in [3.8, 4) is 16.9 Å². The van der Waals surface area contributed by atoms with Crippen LogP contribution in [-0.2, 0) is 28.3 Å². The lowest BCUT2D eigenvalue weighted by molar-refractivity contribution is -0.150. The summed E-state index contributed by atoms with van der Waals surface area (Å²) in [6, 6.07) is 14.6. The van der Waals surface area contributed by atoms with Crippen LogP contribution in [0.3, 0.4) is 0 Å². The molecule has 0 bridgehead atoms. The number of aliphatic carboxylic acids is 1. The zero-order valence-electron chi connectivity index (χ0n) is 21.1. The summed E-state index contributed by atoms with van der Waals surface area (Å²) in [5.74, 6) is -0.474. The van der Waals surface area contributed by atoms with E-state index in [1.165, 1.54) is 12.1 Å². The topological polar surface area (TPSA) is 55.8 Å². The molecule has 0 fully saturated rings. The van der Waals surface area contributed by atoms with Crippen molar-refractivity contribution in [1.29, 1.82) is 0 Å². The van der Waals surface area contributed by atoms with Gasteiger partial charge in [0.1, 0.15) is 12.4 Å². The highest BCUT2D eigenvalue weighted by Gasteiger charge is 2.37. The second kappa shape index (κ2) is 12.4. The molecule has 1 N–H and O–H groups in total. The molecule has 0 heterocycles. The second-order valence-corrected chi connectivity index (χ2v) is 8.70. The molecule has 208 valence electrons. The molecule has 4 nitrogen and oxygen atoms in total. The number of carbonyl (C=O) groups is 1. The van der Waals surface area contributed by atoms with Gasteiger partial charge in [0.05, 0.1) is 11.1 Å². The van der Waals surface area contributed by atoms with Gasteiger partial charge in [-0.3, -0.25) is 0 Å². The Bertz CT molecular complexity index is 1260. The first-order valence-electron chi connectivity index (χ1n) is 11.9. The molecule has 0 aliphatic rings. The Morgan fingerprint density at radius 3 is 1.92 bits per heavy atom. The molecule has 1 atom stereocenters. The number of allylic oxidation sites excluding steroid dienone is 1. The molecule has 0 amide bonds. The Hall–Kier alpha value is -3.79. The van der Waals surface area contributed by atoms with Gasteiger partial charge in [-0.15, -0.1) is 0 Å². The Kier molecular flexibility index (Phi) is 9.45. The number of rotatable bonds is 10. The van der Waals surface area contributed by atoms with E-state index in [1.807, 2.05) is 0 Å². The van der Waals surface area contributed by atoms with E-state index >= 15 is 0 Å². The molecule has 0 spiro atoms. The molecular formula is C29H26F6O4. The fraction of sp³-hybridized carbons (Fsp3) is 0.276. The van der Waals surface area contributed by atoms with Crippen molar-refractivity contribution < 1.29 is 45.7 Å². The minimum Gasteiger partial charge on any atom is -0.490 e. The average molecular weight is 553 g/mol. The number of carboxylic acids is 1. The summed E-state index contributed by atoms with van der Waals surface area (Å²) in [6.07, 6.45) is -8.76. The van der Waals surface area contributed by atoms with E-state index in [0.717, 1.165) is 16.7 Å². The highest BCUT2D eigenvalue weighted by atomic mass is 19.4. The maximum absolute atomic E-state index is 13.2. The first kappa shape index (κ1) is 29.8. The van der Waals surface area contributed by atoms with Gasteiger partial charge in [0, 0.05) is 13.0 Å². The molecule has 0 saturated heterocycles. The Labute approximate surface area is 221 Å². The standard InChI is InChI=1S/C29H26F6O4/c1-3-38-26(27(36)37)14-19-4-10-25(11-5-19)39-13-12-18(2)20-6-8-21(9-7-20)22-15-23(28(30,31)32)17-24(16-22)29(33,34)35/h4-12,15-17,26H,3,13-14H2,1-2H3,(H,36,37)/b18-12-/t26-/m0/s1. The van der Waals surface area contributed by atoms with Crippen molar-refractivity contribution in [1.82, 2.24) is 0 Å². The third-order valence-electron chi connectivity index (χ3n) is 5.89. The van der Waals surface area contributed by atoms with Crippen molar-refractivity contribution in [2.45, 2.75) is 38.7 Å². The summed E-state index contributed by atoms with van der Waals surface area (Å²) in [7, 11) is 0. The van der Waals surface area contributed by atoms with Crippen molar-refractivity contribution >= 4 is 11.5 Å². The zero-order chi connectivity index (χ0) is 28.8. The predicted molar refractivity (Wildman–Crippen MR) is 134 cm³/mol. The van der Waals surface area contributed by atoms with Gasteiger partial charge < -0.3 is 14.6 Å². The highest BCUT2D eigenvalue weighted by molar-refractivity contribution is 5.73. The van der Waals surface area contributed by atoms with E-state index in [4.69, 9.17) is 9.47 Å². The van der Waals surface area contributed by atoms with E-state index in [2.05, 4.69) is 0 Å². The molecule has 10 heteroatoms. The summed E-state index contributed by atoms with van der Waals surface area (Å²) >= 11 is 0. The van der Waals surface area contributed by atoms with Gasteiger partial charge in [-0.25, -0.2) is 4.79 Å². The maximum Gasteiger partial charge on any atom is 0.416 e. The number of ether oxygens (including phenoxy) is 2. The van der Waals surface area contributed by atoms with E-state index in [1.54, 1.807) is 56.3 Å². The van der Waals surface area contributed by atoms with Crippen molar-refractivity contribution in [3.63, 3.8) is 0 Å². The number of halogens is 6. The van der Waals surface area contributed by atoms with Crippen LogP contribution in [0.2, 0.25) is 0 Å². The predicted octanol–water partition coefficient (Wildman–Crippen LogP) is 7.91. The quantitative estimate of drug-likeness (QED) is 0.260. The zero-order valence-corrected chi connectivity index (χ0v) is 21.1. The van der Waals surface area contributed by atoms with Crippen molar-refractivity contribution in [3.05, 3.63) is 95.1 Å². The maximum atomic E-state index is 13.2. The van der Waals surface area contributed by atoms with E-state index < -0.39 is 35.6 Å². The van der Waals surface area contributed by atoms with Crippen LogP contribution >= 0.6 is 0 Å². The van der Waals surface area contributed by atoms with Crippen molar-refractivity contribution in [2.75, 3.05) is 13.2 Å². The van der Waals surface area contributed by atoms with Gasteiger partial charge >= 0.3 is 18.3 Å². The number of benzene rings is 3. The second-order valence-electron chi connectivity index (χ2n) is 8.70. The summed E-state index contributed by atoms with van der Waals surface area (Å²) in [5, 5.41) is 9.20. The van der Waals surface area contributed by atoms with Gasteiger partial charge in [-0.2, -0.15) is 26.3 Å². The van der Waals surface area contributed by atoms with Crippen LogP contribution in [0, 0.1) is 0 Å². The SMILES string of the molecule is CCO[C@@H](Cc1ccc(OC/C=C(/C)c2ccc(-c3cc(C(F)(F)F)cc(C(F)(F)F)c3)cc2)cc1)C(=O)O. The third-order valence-corrected chi connectivity index (χ3v) is 5.89. The molecule has 0 radical (unpaired) electrons. The minimum absolute atomic E-state index is 0.103. The lowest BCUT2D eigenvalue weighted by Crippen LogP contribution is -2.26. The Balaban J connectivity index is 1.67. The molecule has 39 heavy (non-hydrogen) atoms. The van der Waals surface area contributed by atoms with Crippen LogP contribution in [0.15, 0.2) is 72.8 Å². The lowest BCUT2D eigenvalue weighted by Gasteiger charge is -2.14. The van der Waals surface area contributed by atoms with Crippen LogP contribution in [0.4, 0.5) is 26.3 Å². The van der Waals surface area contributed by atoms with Crippen LogP contribution in [0.25, 0.3) is 16.7 Å². The summed E-state index contributed by atoms with van der Waals surface area (Å²) in [5.41, 5.74) is -0.419. The van der Waals surface area contributed by atoms with E-state index in [9.17, 15) is 36.2 Å². The molecule has 3 aromatic carbocycles. The smallest absolute Gasteiger partial charge is 0.416 e. The first-order chi connectivity index (χ1) is 18.3. The minimum atomic E-state index is -4.92. The molecule has 0 unspecified atom stereocenters. The number of hydrogen-bond acceptors (Lipinski definition) is 3. The van der Waals surface area contributed by atoms with Gasteiger partial charge in [-0.05, 0) is 78.1 Å². The average Bonchev–Trinajstić information content (AvgIpc) is 2.88. The first-order valence-corrected chi connectivity index (χ1v) is 11.9. The van der Waals surface area contributed by atoms with Crippen LogP contribution in [-0.4, -0.2) is 30.4 Å². The summed E-state index contributed by atoms with van der Waals surface area (Å²) in [6.45, 7) is 4.01. The Morgan fingerprint density at radius 2 is 1.44 bits per heavy atom. The van der Waals surface area contributed by atoms with Crippen LogP contribution in [0.5, 0.6) is 5.75 Å². The van der Waals surface area contributed by atoms with Gasteiger partial charge in [0.25, 0.3) is 0 Å². The third kappa shape index (κ3) is 8.35. The summed E-state index contributed by atoms with van der Waals surface area (Å²) in [4.78, 5) is 11.2. The van der Waals surface area contributed by atoms with Gasteiger partial charge in [-0.1, -0.05) is 36.4 Å². The van der Waals surface area contributed by atoms with E-state index in [-0.39, 0.29) is 36.8 Å². The molecule has 0 saturated carbocycles. The van der Waals surface area contributed by atoms with Crippen LogP contribution in [0.1, 0.15) is 36.1 Å². The molecule has 0 aliphatic heterocycles. The van der Waals surface area contributed by atoms with Crippen LogP contribution < -0.4 is 4.74 Å². The molecule has 3 rings (SSSR count). The van der Waals surface area contributed by atoms with Gasteiger partial charge in [0.15, 0.2) is 6.10 Å². The van der Waals surface area contributed by atoms with Crippen molar-refractivity contribution in [2.24, 2.45) is 0 Å². The molecule has 0 aliphatic carbocycles. The lowest BCUT2D eigenvalue weighted by atomic mass is 9.97. The largest absolute Gasteiger partial charge is 0.490 e. The number of carboxylic acid groups (broad SMARTS) is 1. The molecule has 0 aromatic heterocycles. The number of alkyl halides is 6. The monoisotopic (exact) mass is 552 g/mol. The van der Waals surface area contributed by atoms with E-state index in [0.29, 0.717) is 17.9 Å². The normalized spacial score (nSPS) is 13.3. The molecular weight excluding hydrogens is 526 g/mol. The highest BCUT2D eigenvalue weighted by Crippen LogP contribution is 2.38. The van der Waals surface area contributed by atoms with Gasteiger partial charge in [0.2, 0.25) is 0 Å². The molecule has 3 aromatic rings. The summed E-state index contributed by atoms with van der Waals surface area (Å²) < 4.78 is 90.0. The fourth-order valence-electron chi connectivity index (χ4n) is 3.78. The fourth-order valence-corrected chi connectivity index (χ4v) is 3.78. The number of hydrogen-bond donors (Lipinski definition) is 1. The Morgan fingerprint density at radius 1 is 0.872 bits per heavy atom.